The number of aromatic nitrogens is 4. The van der Waals surface area contributed by atoms with Crippen molar-refractivity contribution >= 4 is 36.5 Å². The Labute approximate surface area is 183 Å². The maximum Gasteiger partial charge on any atom is 0.150 e. The number of fused-ring (bicyclic) bond motifs is 1. The molecule has 3 aromatic heterocycles. The number of hydrogen-bond donors (Lipinski definition) is 1. The molecule has 0 spiro atoms. The molecule has 3 aromatic rings. The highest BCUT2D eigenvalue weighted by atomic mass is 32.2. The normalized spacial score (nSPS) is 15.5. The molecule has 0 bridgehead atoms. The maximum atomic E-state index is 6.15. The summed E-state index contributed by atoms with van der Waals surface area (Å²) < 4.78 is 1.79. The number of rotatable bonds is 9. The lowest BCUT2D eigenvalue weighted by atomic mass is 9.92. The van der Waals surface area contributed by atoms with Crippen LogP contribution in [-0.4, -0.2) is 57.7 Å². The lowest BCUT2D eigenvalue weighted by molar-refractivity contribution is 0.212. The minimum Gasteiger partial charge on any atom is -0.366 e. The van der Waals surface area contributed by atoms with E-state index in [1.54, 1.807) is 28.7 Å². The number of pyridine rings is 1. The first kappa shape index (κ1) is 20.9. The third-order valence-electron chi connectivity index (χ3n) is 5.58. The summed E-state index contributed by atoms with van der Waals surface area (Å²) >= 11 is 1.80. The first-order chi connectivity index (χ1) is 14.7. The number of nitrogens with zero attached hydrogens (tertiary/aromatic N) is 5. The molecule has 30 heavy (non-hydrogen) atoms. The highest BCUT2D eigenvalue weighted by molar-refractivity contribution is 8.02. The van der Waals surface area contributed by atoms with E-state index in [1.807, 2.05) is 17.7 Å². The van der Waals surface area contributed by atoms with Crippen LogP contribution in [0.1, 0.15) is 36.4 Å². The second kappa shape index (κ2) is 10.1. The fraction of sp³-hybridized carbons (Fsp3) is 0.409. The number of anilines is 1. The monoisotopic (exact) mass is 418 g/mol. The molecule has 1 aliphatic heterocycles. The zero-order valence-corrected chi connectivity index (χ0v) is 18.0. The van der Waals surface area contributed by atoms with Gasteiger partial charge in [-0.1, -0.05) is 12.6 Å². The number of likely N-dealkylation sites (tertiary alicyclic amines) is 1. The summed E-state index contributed by atoms with van der Waals surface area (Å²) in [6.45, 7) is 7.83. The molecule has 1 fully saturated rings. The largest absolute Gasteiger partial charge is 0.366 e. The van der Waals surface area contributed by atoms with Gasteiger partial charge in [0.2, 0.25) is 0 Å². The van der Waals surface area contributed by atoms with Crippen LogP contribution in [0.25, 0.3) is 5.65 Å². The van der Waals surface area contributed by atoms with E-state index >= 15 is 0 Å². The summed E-state index contributed by atoms with van der Waals surface area (Å²) in [5, 5.41) is 9.83. The van der Waals surface area contributed by atoms with Gasteiger partial charge in [0.05, 0.1) is 0 Å². The Hall–Kier alpha value is -2.32. The van der Waals surface area contributed by atoms with Crippen LogP contribution >= 0.6 is 11.8 Å². The van der Waals surface area contributed by atoms with E-state index in [0.717, 1.165) is 61.0 Å². The number of nitrogens with one attached hydrogen (secondary N) is 1. The molecule has 6 nitrogen and oxygen atoms in total. The smallest absolute Gasteiger partial charge is 0.150 e. The maximum absolute atomic E-state index is 6.15. The van der Waals surface area contributed by atoms with Gasteiger partial charge in [0.15, 0.2) is 0 Å². The standard InChI is InChI=1S/C22H27BN6S/c1-2-30-12-4-9-28-10-6-18(7-11-28)20-13-21(25-15-17-5-3-8-24-14-17)29-22(27-20)19(23)16-26-29/h2-3,5,8,13-14,16,18,25H,1,4,6-7,9-12,15H2. The van der Waals surface area contributed by atoms with E-state index in [4.69, 9.17) is 12.8 Å². The third-order valence-corrected chi connectivity index (χ3v) is 6.34. The Morgan fingerprint density at radius 1 is 1.30 bits per heavy atom. The van der Waals surface area contributed by atoms with Gasteiger partial charge in [-0.25, -0.2) is 4.98 Å². The Kier molecular flexibility index (Phi) is 7.07. The molecule has 154 valence electrons. The van der Waals surface area contributed by atoms with Crippen molar-refractivity contribution in [2.24, 2.45) is 0 Å². The van der Waals surface area contributed by atoms with Gasteiger partial charge in [-0.3, -0.25) is 4.98 Å². The molecule has 4 heterocycles. The molecule has 2 radical (unpaired) electrons. The molecule has 1 saturated heterocycles. The van der Waals surface area contributed by atoms with Crippen LogP contribution in [0, 0.1) is 0 Å². The van der Waals surface area contributed by atoms with Gasteiger partial charge in [0.25, 0.3) is 0 Å². The highest BCUT2D eigenvalue weighted by Gasteiger charge is 2.23. The first-order valence-electron chi connectivity index (χ1n) is 10.5. The van der Waals surface area contributed by atoms with E-state index in [-0.39, 0.29) is 0 Å². The summed E-state index contributed by atoms with van der Waals surface area (Å²) in [4.78, 5) is 11.6. The van der Waals surface area contributed by atoms with E-state index in [0.29, 0.717) is 17.9 Å². The molecule has 0 atom stereocenters. The zero-order chi connectivity index (χ0) is 20.8. The minimum absolute atomic E-state index is 0.446. The fourth-order valence-corrected chi connectivity index (χ4v) is 4.40. The summed E-state index contributed by atoms with van der Waals surface area (Å²) in [5.74, 6) is 2.51. The van der Waals surface area contributed by atoms with Crippen molar-refractivity contribution in [3.8, 4) is 0 Å². The molecule has 0 aromatic carbocycles. The van der Waals surface area contributed by atoms with Crippen molar-refractivity contribution in [3.63, 3.8) is 0 Å². The van der Waals surface area contributed by atoms with Crippen molar-refractivity contribution in [3.05, 3.63) is 60.0 Å². The van der Waals surface area contributed by atoms with Gasteiger partial charge < -0.3 is 10.2 Å². The van der Waals surface area contributed by atoms with Crippen LogP contribution in [0.15, 0.2) is 48.8 Å². The molecule has 1 aliphatic rings. The molecule has 0 amide bonds. The van der Waals surface area contributed by atoms with Crippen LogP contribution in [0.5, 0.6) is 0 Å². The van der Waals surface area contributed by atoms with Crippen molar-refractivity contribution in [2.45, 2.75) is 31.7 Å². The van der Waals surface area contributed by atoms with Gasteiger partial charge >= 0.3 is 0 Å². The average Bonchev–Trinajstić information content (AvgIpc) is 3.17. The van der Waals surface area contributed by atoms with E-state index in [2.05, 4.69) is 39.0 Å². The van der Waals surface area contributed by atoms with E-state index in [9.17, 15) is 0 Å². The molecule has 4 rings (SSSR count). The quantitative estimate of drug-likeness (QED) is 0.426. The lowest BCUT2D eigenvalue weighted by Crippen LogP contribution is -2.34. The Morgan fingerprint density at radius 2 is 2.17 bits per heavy atom. The van der Waals surface area contributed by atoms with Crippen molar-refractivity contribution in [1.29, 1.82) is 0 Å². The van der Waals surface area contributed by atoms with Gasteiger partial charge in [0, 0.05) is 42.8 Å². The van der Waals surface area contributed by atoms with Crippen molar-refractivity contribution < 1.29 is 0 Å². The lowest BCUT2D eigenvalue weighted by Gasteiger charge is -2.31. The van der Waals surface area contributed by atoms with Crippen LogP contribution in [-0.2, 0) is 6.54 Å². The average molecular weight is 418 g/mol. The van der Waals surface area contributed by atoms with Crippen LogP contribution in [0.3, 0.4) is 0 Å². The predicted molar refractivity (Wildman–Crippen MR) is 126 cm³/mol. The minimum atomic E-state index is 0.446. The molecule has 0 aliphatic carbocycles. The predicted octanol–water partition coefficient (Wildman–Crippen LogP) is 2.98. The van der Waals surface area contributed by atoms with E-state index < -0.39 is 0 Å². The Morgan fingerprint density at radius 3 is 2.93 bits per heavy atom. The SMILES string of the molecule is [B]c1cnn2c(NCc3cccnc3)cc(C3CCN(CCCSC=C)CC3)nc12. The highest BCUT2D eigenvalue weighted by Crippen LogP contribution is 2.29. The first-order valence-corrected chi connectivity index (χ1v) is 11.5. The van der Waals surface area contributed by atoms with Crippen LogP contribution < -0.4 is 10.8 Å². The van der Waals surface area contributed by atoms with Gasteiger partial charge in [-0.05, 0) is 67.2 Å². The summed E-state index contributed by atoms with van der Waals surface area (Å²) in [6, 6.07) is 6.14. The molecule has 8 heteroatoms. The number of thioether (sulfide) groups is 1. The van der Waals surface area contributed by atoms with Gasteiger partial charge in [-0.2, -0.15) is 9.61 Å². The Bertz CT molecular complexity index is 968. The topological polar surface area (TPSA) is 58.4 Å². The van der Waals surface area contributed by atoms with Gasteiger partial charge in [-0.15, -0.1) is 11.8 Å². The second-order valence-electron chi connectivity index (χ2n) is 7.62. The van der Waals surface area contributed by atoms with Crippen molar-refractivity contribution in [2.75, 3.05) is 30.7 Å². The van der Waals surface area contributed by atoms with Gasteiger partial charge in [0.1, 0.15) is 19.3 Å². The number of hydrogen-bond acceptors (Lipinski definition) is 6. The summed E-state index contributed by atoms with van der Waals surface area (Å²) in [5.41, 5.74) is 3.56. The van der Waals surface area contributed by atoms with Crippen LogP contribution in [0.2, 0.25) is 0 Å². The fourth-order valence-electron chi connectivity index (χ4n) is 3.94. The molecule has 0 unspecified atom stereocenters. The molecular formula is C22H27BN6S. The zero-order valence-electron chi connectivity index (χ0n) is 17.2. The van der Waals surface area contributed by atoms with Crippen molar-refractivity contribution in [1.82, 2.24) is 24.5 Å². The molecule has 1 N–H and O–H groups in total. The Balaban J connectivity index is 1.45. The number of piperidine rings is 1. The van der Waals surface area contributed by atoms with E-state index in [1.165, 1.54) is 6.42 Å². The molecule has 0 saturated carbocycles. The summed E-state index contributed by atoms with van der Waals surface area (Å²) in [6.07, 6.45) is 8.77. The third kappa shape index (κ3) is 5.05. The second-order valence-corrected chi connectivity index (χ2v) is 8.70. The van der Waals surface area contributed by atoms with Crippen LogP contribution in [0.4, 0.5) is 5.82 Å². The molecular weight excluding hydrogens is 391 g/mol. The summed E-state index contributed by atoms with van der Waals surface area (Å²) in [7, 11) is 6.15.